The van der Waals surface area contributed by atoms with E-state index in [0.29, 0.717) is 12.5 Å². The molecule has 2 fully saturated rings. The first-order chi connectivity index (χ1) is 9.88. The van der Waals surface area contributed by atoms with Crippen LogP contribution in [0.1, 0.15) is 38.5 Å². The summed E-state index contributed by atoms with van der Waals surface area (Å²) in [6.07, 6.45) is 3.84. The van der Waals surface area contributed by atoms with Gasteiger partial charge in [-0.25, -0.2) is 0 Å². The maximum atomic E-state index is 12.8. The fraction of sp³-hybridized carbons (Fsp3) is 0.667. The summed E-state index contributed by atoms with van der Waals surface area (Å²) in [6, 6.07) is -0.758. The fourth-order valence-electron chi connectivity index (χ4n) is 3.01. The zero-order valence-electron chi connectivity index (χ0n) is 12.6. The Morgan fingerprint density at radius 3 is 2.62 bits per heavy atom. The summed E-state index contributed by atoms with van der Waals surface area (Å²) in [4.78, 5) is 32.2. The van der Waals surface area contributed by atoms with Crippen molar-refractivity contribution in [3.05, 3.63) is 16.6 Å². The van der Waals surface area contributed by atoms with E-state index in [4.69, 9.17) is 0 Å². The normalized spacial score (nSPS) is 26.9. The van der Waals surface area contributed by atoms with Crippen molar-refractivity contribution in [3.8, 4) is 0 Å². The van der Waals surface area contributed by atoms with Crippen LogP contribution >= 0.6 is 11.3 Å². The molecule has 2 atom stereocenters. The van der Waals surface area contributed by atoms with Crippen molar-refractivity contribution in [3.63, 3.8) is 0 Å². The molecule has 1 aromatic rings. The molecular formula is C15H21N3O2S. The highest BCUT2D eigenvalue weighted by atomic mass is 32.1. The van der Waals surface area contributed by atoms with Gasteiger partial charge in [-0.2, -0.15) is 0 Å². The molecule has 1 aliphatic carbocycles. The van der Waals surface area contributed by atoms with E-state index >= 15 is 0 Å². The summed E-state index contributed by atoms with van der Waals surface area (Å²) in [5.74, 6) is 0.361. The average Bonchev–Trinajstić information content (AvgIpc) is 3.10. The number of aromatic nitrogens is 1. The molecule has 1 N–H and O–H groups in total. The van der Waals surface area contributed by atoms with Crippen molar-refractivity contribution in [2.24, 2.45) is 11.3 Å². The van der Waals surface area contributed by atoms with E-state index in [0.717, 1.165) is 17.7 Å². The number of carbonyl (C=O) groups is 2. The molecule has 1 saturated carbocycles. The van der Waals surface area contributed by atoms with E-state index < -0.39 is 6.04 Å². The monoisotopic (exact) mass is 307 g/mol. The van der Waals surface area contributed by atoms with Crippen molar-refractivity contribution < 1.29 is 9.59 Å². The summed E-state index contributed by atoms with van der Waals surface area (Å²) >= 11 is 1.52. The van der Waals surface area contributed by atoms with Crippen LogP contribution in [0.4, 0.5) is 0 Å². The molecule has 114 valence electrons. The van der Waals surface area contributed by atoms with Crippen LogP contribution in [0.5, 0.6) is 0 Å². The zero-order chi connectivity index (χ0) is 15.2. The van der Waals surface area contributed by atoms with Crippen molar-refractivity contribution in [2.75, 3.05) is 0 Å². The Labute approximate surface area is 128 Å². The van der Waals surface area contributed by atoms with Gasteiger partial charge in [0.05, 0.1) is 12.1 Å². The molecular weight excluding hydrogens is 286 g/mol. The molecule has 21 heavy (non-hydrogen) atoms. The fourth-order valence-corrected chi connectivity index (χ4v) is 3.60. The van der Waals surface area contributed by atoms with Crippen LogP contribution in [0, 0.1) is 11.3 Å². The molecule has 1 aromatic heterocycles. The predicted octanol–water partition coefficient (Wildman–Crippen LogP) is 1.79. The Bertz CT molecular complexity index is 546. The molecule has 2 unspecified atom stereocenters. The lowest BCUT2D eigenvalue weighted by Gasteiger charge is -2.44. The number of nitrogens with zero attached hydrogens (tertiary/aromatic N) is 2. The van der Waals surface area contributed by atoms with E-state index in [1.54, 1.807) is 16.6 Å². The van der Waals surface area contributed by atoms with E-state index in [1.165, 1.54) is 11.3 Å². The first-order valence-electron chi connectivity index (χ1n) is 7.36. The van der Waals surface area contributed by atoms with Crippen LogP contribution in [0.25, 0.3) is 0 Å². The van der Waals surface area contributed by atoms with Crippen LogP contribution in [0.3, 0.4) is 0 Å². The smallest absolute Gasteiger partial charge is 0.246 e. The SMILES string of the molecule is CC(C)(C)C1C(=O)NC(C2CC2)C(=O)N1Cc1cncs1. The molecule has 2 heterocycles. The van der Waals surface area contributed by atoms with Crippen LogP contribution in [0.2, 0.25) is 0 Å². The van der Waals surface area contributed by atoms with Gasteiger partial charge in [-0.05, 0) is 24.2 Å². The number of thiazole rings is 1. The third-order valence-electron chi connectivity index (χ3n) is 4.13. The summed E-state index contributed by atoms with van der Waals surface area (Å²) in [5, 5.41) is 2.95. The second-order valence-electron chi connectivity index (χ2n) is 7.03. The highest BCUT2D eigenvalue weighted by molar-refractivity contribution is 7.09. The van der Waals surface area contributed by atoms with Crippen LogP contribution < -0.4 is 5.32 Å². The Morgan fingerprint density at radius 1 is 1.38 bits per heavy atom. The van der Waals surface area contributed by atoms with E-state index in [2.05, 4.69) is 10.3 Å². The van der Waals surface area contributed by atoms with Gasteiger partial charge in [0.25, 0.3) is 0 Å². The molecule has 0 aromatic carbocycles. The summed E-state index contributed by atoms with van der Waals surface area (Å²) in [5.41, 5.74) is 1.47. The molecule has 2 aliphatic rings. The van der Waals surface area contributed by atoms with Gasteiger partial charge in [-0.15, -0.1) is 11.3 Å². The number of hydrogen-bond acceptors (Lipinski definition) is 4. The number of hydrogen-bond donors (Lipinski definition) is 1. The predicted molar refractivity (Wildman–Crippen MR) is 80.6 cm³/mol. The van der Waals surface area contributed by atoms with E-state index in [-0.39, 0.29) is 23.3 Å². The molecule has 0 bridgehead atoms. The van der Waals surface area contributed by atoms with Crippen molar-refractivity contribution >= 4 is 23.2 Å². The first-order valence-corrected chi connectivity index (χ1v) is 8.24. The number of rotatable bonds is 3. The standard InChI is InChI=1S/C15H21N3O2S/c1-15(2,3)12-13(19)17-11(9-4-5-9)14(20)18(12)7-10-6-16-8-21-10/h6,8-9,11-12H,4-5,7H2,1-3H3,(H,17,19). The number of carbonyl (C=O) groups excluding carboxylic acids is 2. The van der Waals surface area contributed by atoms with Crippen LogP contribution in [-0.4, -0.2) is 33.8 Å². The Hall–Kier alpha value is -1.43. The summed E-state index contributed by atoms with van der Waals surface area (Å²) in [7, 11) is 0. The Balaban J connectivity index is 1.90. The summed E-state index contributed by atoms with van der Waals surface area (Å²) < 4.78 is 0. The van der Waals surface area contributed by atoms with Gasteiger partial charge in [0.2, 0.25) is 11.8 Å². The molecule has 0 spiro atoms. The topological polar surface area (TPSA) is 62.3 Å². The van der Waals surface area contributed by atoms with E-state index in [1.807, 2.05) is 20.8 Å². The third kappa shape index (κ3) is 2.81. The molecule has 3 rings (SSSR count). The minimum absolute atomic E-state index is 0.0245. The lowest BCUT2D eigenvalue weighted by atomic mass is 9.82. The van der Waals surface area contributed by atoms with Crippen molar-refractivity contribution in [1.82, 2.24) is 15.2 Å². The zero-order valence-corrected chi connectivity index (χ0v) is 13.4. The quantitative estimate of drug-likeness (QED) is 0.926. The van der Waals surface area contributed by atoms with Gasteiger partial charge < -0.3 is 10.2 Å². The Morgan fingerprint density at radius 2 is 2.10 bits per heavy atom. The molecule has 1 saturated heterocycles. The van der Waals surface area contributed by atoms with Gasteiger partial charge >= 0.3 is 0 Å². The minimum Gasteiger partial charge on any atom is -0.342 e. The average molecular weight is 307 g/mol. The van der Waals surface area contributed by atoms with Crippen LogP contribution in [-0.2, 0) is 16.1 Å². The minimum atomic E-state index is -0.429. The van der Waals surface area contributed by atoms with Gasteiger partial charge in [0.1, 0.15) is 12.1 Å². The number of piperazine rings is 1. The van der Waals surface area contributed by atoms with Crippen LogP contribution in [0.15, 0.2) is 11.7 Å². The first kappa shape index (κ1) is 14.5. The molecule has 5 nitrogen and oxygen atoms in total. The maximum Gasteiger partial charge on any atom is 0.246 e. The molecule has 2 amide bonds. The third-order valence-corrected chi connectivity index (χ3v) is 4.89. The van der Waals surface area contributed by atoms with E-state index in [9.17, 15) is 9.59 Å². The lowest BCUT2D eigenvalue weighted by molar-refractivity contribution is -0.155. The highest BCUT2D eigenvalue weighted by Crippen LogP contribution is 2.38. The Kier molecular flexibility index (Phi) is 3.51. The molecule has 1 aliphatic heterocycles. The van der Waals surface area contributed by atoms with Gasteiger partial charge in [-0.1, -0.05) is 20.8 Å². The van der Waals surface area contributed by atoms with Crippen molar-refractivity contribution in [2.45, 2.75) is 52.2 Å². The largest absolute Gasteiger partial charge is 0.342 e. The second kappa shape index (κ2) is 5.09. The summed E-state index contributed by atoms with van der Waals surface area (Å²) in [6.45, 7) is 6.48. The maximum absolute atomic E-state index is 12.8. The molecule has 6 heteroatoms. The number of nitrogens with one attached hydrogen (secondary N) is 1. The lowest BCUT2D eigenvalue weighted by Crippen LogP contribution is -2.66. The van der Waals surface area contributed by atoms with Crippen molar-refractivity contribution in [1.29, 1.82) is 0 Å². The van der Waals surface area contributed by atoms with Gasteiger partial charge in [-0.3, -0.25) is 14.6 Å². The molecule has 0 radical (unpaired) electrons. The highest BCUT2D eigenvalue weighted by Gasteiger charge is 2.50. The number of amides is 2. The van der Waals surface area contributed by atoms with Gasteiger partial charge in [0.15, 0.2) is 0 Å². The van der Waals surface area contributed by atoms with Gasteiger partial charge in [0, 0.05) is 11.1 Å². The second-order valence-corrected chi connectivity index (χ2v) is 8.00.